The molecule has 0 saturated heterocycles. The molecule has 1 amide bonds. The molecule has 5 heterocycles. The van der Waals surface area contributed by atoms with Gasteiger partial charge in [0.2, 0.25) is 0 Å². The number of aryl methyl sites for hydroxylation is 1. The van der Waals surface area contributed by atoms with Crippen LogP contribution in [0.4, 0.5) is 11.5 Å². The first-order valence-corrected chi connectivity index (χ1v) is 10.4. The van der Waals surface area contributed by atoms with E-state index >= 15 is 0 Å². The number of hydrogen-bond donors (Lipinski definition) is 1. The van der Waals surface area contributed by atoms with Crippen LogP contribution in [-0.4, -0.2) is 35.4 Å². The highest BCUT2D eigenvalue weighted by Crippen LogP contribution is 2.48. The van der Waals surface area contributed by atoms with Crippen LogP contribution in [0, 0.1) is 0 Å². The predicted octanol–water partition coefficient (Wildman–Crippen LogP) is 3.02. The maximum absolute atomic E-state index is 13.8. The normalized spacial score (nSPS) is 16.1. The molecule has 10 heteroatoms. The van der Waals surface area contributed by atoms with E-state index in [4.69, 9.17) is 10.3 Å². The molecular weight excluding hydrogens is 396 g/mol. The Bertz CT molecular complexity index is 1360. The summed E-state index contributed by atoms with van der Waals surface area (Å²) in [6.07, 6.45) is 6.99. The molecule has 0 radical (unpaired) electrons. The van der Waals surface area contributed by atoms with E-state index in [0.29, 0.717) is 40.5 Å². The summed E-state index contributed by atoms with van der Waals surface area (Å²) >= 11 is 0. The number of nitrogens with zero attached hydrogens (tertiary/aromatic N) is 7. The second-order valence-corrected chi connectivity index (χ2v) is 8.55. The molecule has 2 N–H and O–H groups in total. The molecule has 0 spiro atoms. The third kappa shape index (κ3) is 2.47. The van der Waals surface area contributed by atoms with Crippen molar-refractivity contribution >= 4 is 28.4 Å². The quantitative estimate of drug-likeness (QED) is 0.543. The van der Waals surface area contributed by atoms with Gasteiger partial charge in [0, 0.05) is 30.8 Å². The highest BCUT2D eigenvalue weighted by Gasteiger charge is 2.42. The molecule has 0 atom stereocenters. The smallest absolute Gasteiger partial charge is 0.264 e. The Labute approximate surface area is 177 Å². The molecule has 31 heavy (non-hydrogen) atoms. The topological polar surface area (TPSA) is 121 Å². The van der Waals surface area contributed by atoms with Crippen LogP contribution in [0.5, 0.6) is 0 Å². The fourth-order valence-electron chi connectivity index (χ4n) is 4.59. The number of rotatable bonds is 3. The van der Waals surface area contributed by atoms with Crippen molar-refractivity contribution in [1.82, 2.24) is 29.5 Å². The van der Waals surface area contributed by atoms with Gasteiger partial charge in [0.15, 0.2) is 5.76 Å². The van der Waals surface area contributed by atoms with Crippen molar-refractivity contribution in [2.45, 2.75) is 45.2 Å². The van der Waals surface area contributed by atoms with Crippen molar-refractivity contribution < 1.29 is 9.32 Å². The molecule has 1 saturated carbocycles. The van der Waals surface area contributed by atoms with Crippen LogP contribution in [0.3, 0.4) is 0 Å². The number of carbonyl (C=O) groups is 1. The Kier molecular flexibility index (Phi) is 3.60. The summed E-state index contributed by atoms with van der Waals surface area (Å²) in [5, 5.41) is 9.39. The lowest BCUT2D eigenvalue weighted by molar-refractivity contribution is 0.0984. The van der Waals surface area contributed by atoms with Gasteiger partial charge in [-0.3, -0.25) is 14.4 Å². The monoisotopic (exact) mass is 418 g/mol. The number of fused-ring (bicyclic) bond motifs is 5. The van der Waals surface area contributed by atoms with E-state index in [1.165, 1.54) is 6.33 Å². The van der Waals surface area contributed by atoms with E-state index in [2.05, 4.69) is 38.6 Å². The van der Waals surface area contributed by atoms with E-state index in [-0.39, 0.29) is 17.9 Å². The summed E-state index contributed by atoms with van der Waals surface area (Å²) < 4.78 is 9.56. The molecule has 10 nitrogen and oxygen atoms in total. The van der Waals surface area contributed by atoms with Crippen molar-refractivity contribution in [3.63, 3.8) is 0 Å². The molecular formula is C21H22N8O2. The average molecular weight is 418 g/mol. The fraction of sp³-hybridized carbons (Fsp3) is 0.381. The highest BCUT2D eigenvalue weighted by molar-refractivity contribution is 6.15. The summed E-state index contributed by atoms with van der Waals surface area (Å²) in [5.74, 6) is 1.11. The molecule has 1 aliphatic heterocycles. The van der Waals surface area contributed by atoms with Gasteiger partial charge >= 0.3 is 0 Å². The second-order valence-electron chi connectivity index (χ2n) is 8.55. The number of carbonyl (C=O) groups excluding carboxylic acids is 1. The summed E-state index contributed by atoms with van der Waals surface area (Å²) in [6, 6.07) is 0.0859. The van der Waals surface area contributed by atoms with Crippen LogP contribution < -0.4 is 10.6 Å². The molecule has 1 aliphatic carbocycles. The average Bonchev–Trinajstić information content (AvgIpc) is 3.22. The van der Waals surface area contributed by atoms with Gasteiger partial charge in [-0.15, -0.1) is 0 Å². The zero-order chi connectivity index (χ0) is 21.4. The number of nitrogen functional groups attached to an aromatic ring is 1. The molecule has 158 valence electrons. The van der Waals surface area contributed by atoms with Crippen LogP contribution in [0.15, 0.2) is 23.2 Å². The SMILES string of the molecule is CC(C)n1c2c(c3c(N)ncnc31)-c1noc(C3CC3)c1C(=O)N(c1cnn(C)c1)C2. The Hall–Kier alpha value is -3.69. The third-order valence-corrected chi connectivity index (χ3v) is 6.10. The van der Waals surface area contributed by atoms with Gasteiger partial charge in [0.25, 0.3) is 5.91 Å². The molecule has 4 aromatic rings. The number of amides is 1. The van der Waals surface area contributed by atoms with Crippen LogP contribution >= 0.6 is 0 Å². The second kappa shape index (κ2) is 6.16. The van der Waals surface area contributed by atoms with Crippen molar-refractivity contribution in [3.8, 4) is 11.3 Å². The Morgan fingerprint density at radius 2 is 2.03 bits per heavy atom. The summed E-state index contributed by atoms with van der Waals surface area (Å²) in [5.41, 5.74) is 10.5. The first-order chi connectivity index (χ1) is 15.0. The minimum Gasteiger partial charge on any atom is -0.383 e. The van der Waals surface area contributed by atoms with Gasteiger partial charge in [-0.1, -0.05) is 5.16 Å². The van der Waals surface area contributed by atoms with Gasteiger partial charge in [-0.25, -0.2) is 9.97 Å². The zero-order valence-electron chi connectivity index (χ0n) is 17.5. The van der Waals surface area contributed by atoms with Crippen LogP contribution in [0.2, 0.25) is 0 Å². The first kappa shape index (κ1) is 18.1. The Morgan fingerprint density at radius 1 is 1.23 bits per heavy atom. The van der Waals surface area contributed by atoms with Gasteiger partial charge in [-0.2, -0.15) is 5.10 Å². The lowest BCUT2D eigenvalue weighted by atomic mass is 10.0. The van der Waals surface area contributed by atoms with E-state index < -0.39 is 0 Å². The third-order valence-electron chi connectivity index (χ3n) is 6.10. The van der Waals surface area contributed by atoms with Crippen molar-refractivity contribution in [3.05, 3.63) is 35.7 Å². The van der Waals surface area contributed by atoms with Crippen molar-refractivity contribution in [2.75, 3.05) is 10.6 Å². The van der Waals surface area contributed by atoms with Crippen molar-refractivity contribution in [2.24, 2.45) is 7.05 Å². The molecule has 1 fully saturated rings. The van der Waals surface area contributed by atoms with Crippen LogP contribution in [0.1, 0.15) is 60.5 Å². The number of aromatic nitrogens is 6. The molecule has 2 aliphatic rings. The van der Waals surface area contributed by atoms with E-state index in [9.17, 15) is 4.79 Å². The van der Waals surface area contributed by atoms with Crippen LogP contribution in [-0.2, 0) is 13.6 Å². The summed E-state index contributed by atoms with van der Waals surface area (Å²) in [4.78, 5) is 24.4. The number of hydrogen-bond acceptors (Lipinski definition) is 7. The van der Waals surface area contributed by atoms with Gasteiger partial charge in [0.05, 0.1) is 29.5 Å². The Balaban J connectivity index is 1.72. The van der Waals surface area contributed by atoms with E-state index in [1.54, 1.807) is 15.8 Å². The molecule has 0 bridgehead atoms. The van der Waals surface area contributed by atoms with Gasteiger partial charge in [0.1, 0.15) is 29.0 Å². The molecule has 4 aromatic heterocycles. The molecule has 6 rings (SSSR count). The predicted molar refractivity (Wildman–Crippen MR) is 114 cm³/mol. The minimum atomic E-state index is -0.138. The molecule has 0 unspecified atom stereocenters. The standard InChI is InChI=1S/C21H22N8O2/c1-10(2)29-13-8-28(12-6-25-27(3)7-12)21(30)16-17(26-31-18(16)11-4-5-11)14(13)15-19(22)23-9-24-20(15)29/h6-7,9-11H,4-5,8H2,1-3H3,(H2,22,23,24). The summed E-state index contributed by atoms with van der Waals surface area (Å²) in [7, 11) is 1.83. The maximum atomic E-state index is 13.8. The summed E-state index contributed by atoms with van der Waals surface area (Å²) in [6.45, 7) is 4.51. The maximum Gasteiger partial charge on any atom is 0.264 e. The number of anilines is 2. The van der Waals surface area contributed by atoms with Gasteiger partial charge in [-0.05, 0) is 26.7 Å². The molecule has 0 aromatic carbocycles. The lowest BCUT2D eigenvalue weighted by Gasteiger charge is -2.22. The fourth-order valence-corrected chi connectivity index (χ4v) is 4.59. The number of nitrogens with two attached hydrogens (primary N) is 1. The lowest BCUT2D eigenvalue weighted by Crippen LogP contribution is -2.30. The zero-order valence-corrected chi connectivity index (χ0v) is 17.5. The highest BCUT2D eigenvalue weighted by atomic mass is 16.5. The largest absolute Gasteiger partial charge is 0.383 e. The van der Waals surface area contributed by atoms with Crippen LogP contribution in [0.25, 0.3) is 22.3 Å². The van der Waals surface area contributed by atoms with E-state index in [1.807, 2.05) is 13.2 Å². The van der Waals surface area contributed by atoms with Gasteiger partial charge < -0.3 is 14.8 Å². The first-order valence-electron chi connectivity index (χ1n) is 10.4. The van der Waals surface area contributed by atoms with E-state index in [0.717, 1.165) is 29.7 Å². The Morgan fingerprint density at radius 3 is 2.71 bits per heavy atom. The van der Waals surface area contributed by atoms with Crippen molar-refractivity contribution in [1.29, 1.82) is 0 Å². The minimum absolute atomic E-state index is 0.0859.